The fourth-order valence-corrected chi connectivity index (χ4v) is 1.91. The summed E-state index contributed by atoms with van der Waals surface area (Å²) < 4.78 is 84.5. The first-order chi connectivity index (χ1) is 12.6. The van der Waals surface area contributed by atoms with Crippen molar-refractivity contribution in [3.05, 3.63) is 60.2 Å². The lowest BCUT2D eigenvalue weighted by atomic mass is 10.2. The molecule has 0 aromatic heterocycles. The Bertz CT molecular complexity index is 767. The van der Waals surface area contributed by atoms with Crippen LogP contribution >= 0.6 is 0 Å². The lowest BCUT2D eigenvalue weighted by Gasteiger charge is -2.23. The highest BCUT2D eigenvalue weighted by Gasteiger charge is 2.59. The summed E-state index contributed by atoms with van der Waals surface area (Å²) in [5.74, 6) is -0.771. The van der Waals surface area contributed by atoms with Crippen molar-refractivity contribution in [2.45, 2.75) is 25.1 Å². The summed E-state index contributed by atoms with van der Waals surface area (Å²) in [6.07, 6.45) is -16.4. The van der Waals surface area contributed by atoms with Crippen LogP contribution in [-0.2, 0) is 11.3 Å². The average Bonchev–Trinajstić information content (AvgIpc) is 2.59. The minimum absolute atomic E-state index is 0.0595. The second kappa shape index (κ2) is 8.19. The van der Waals surface area contributed by atoms with Crippen molar-refractivity contribution in [3.63, 3.8) is 0 Å². The lowest BCUT2D eigenvalue weighted by Crippen LogP contribution is -2.45. The van der Waals surface area contributed by atoms with Crippen LogP contribution in [0.15, 0.2) is 54.6 Å². The van der Waals surface area contributed by atoms with Gasteiger partial charge < -0.3 is 9.47 Å². The number of ether oxygens (including phenoxy) is 2. The number of amides is 1. The van der Waals surface area contributed by atoms with Crippen molar-refractivity contribution in [1.29, 1.82) is 0 Å². The van der Waals surface area contributed by atoms with Gasteiger partial charge in [0.25, 0.3) is 6.17 Å². The SMILES string of the molecule is O=C(Nc1cccc(OC(F)(F)C(F)C(F)(F)F)c1)OCc1ccccc1. The molecule has 27 heavy (non-hydrogen) atoms. The first-order valence-corrected chi connectivity index (χ1v) is 7.43. The van der Waals surface area contributed by atoms with E-state index >= 15 is 0 Å². The summed E-state index contributed by atoms with van der Waals surface area (Å²) in [5, 5.41) is 2.20. The van der Waals surface area contributed by atoms with Crippen molar-refractivity contribution in [2.24, 2.45) is 0 Å². The quantitative estimate of drug-likeness (QED) is 0.677. The summed E-state index contributed by atoms with van der Waals surface area (Å²) >= 11 is 0. The maximum atomic E-state index is 13.3. The summed E-state index contributed by atoms with van der Waals surface area (Å²) in [7, 11) is 0. The molecule has 2 rings (SSSR count). The van der Waals surface area contributed by atoms with Gasteiger partial charge in [-0.15, -0.1) is 0 Å². The van der Waals surface area contributed by atoms with Crippen LogP contribution in [0.3, 0.4) is 0 Å². The Morgan fingerprint density at radius 1 is 1.00 bits per heavy atom. The van der Waals surface area contributed by atoms with E-state index in [0.29, 0.717) is 5.56 Å². The third-order valence-corrected chi connectivity index (χ3v) is 3.13. The molecule has 0 spiro atoms. The van der Waals surface area contributed by atoms with Crippen molar-refractivity contribution >= 4 is 11.8 Å². The van der Waals surface area contributed by atoms with Gasteiger partial charge in [-0.1, -0.05) is 36.4 Å². The highest BCUT2D eigenvalue weighted by molar-refractivity contribution is 5.84. The second-order valence-corrected chi connectivity index (χ2v) is 5.28. The largest absolute Gasteiger partial charge is 0.444 e. The van der Waals surface area contributed by atoms with E-state index in [-0.39, 0.29) is 12.3 Å². The van der Waals surface area contributed by atoms with E-state index in [1.807, 2.05) is 0 Å². The molecule has 0 fully saturated rings. The van der Waals surface area contributed by atoms with Gasteiger partial charge in [-0.3, -0.25) is 5.32 Å². The third kappa shape index (κ3) is 6.08. The van der Waals surface area contributed by atoms with E-state index in [9.17, 15) is 31.1 Å². The molecular weight excluding hydrogens is 380 g/mol. The molecule has 0 saturated carbocycles. The molecule has 0 aliphatic heterocycles. The average molecular weight is 393 g/mol. The molecule has 1 amide bonds. The van der Waals surface area contributed by atoms with Crippen molar-refractivity contribution in [2.75, 3.05) is 5.32 Å². The Labute approximate surface area is 149 Å². The van der Waals surface area contributed by atoms with E-state index in [1.54, 1.807) is 30.3 Å². The smallest absolute Gasteiger partial charge is 0.439 e. The molecule has 1 atom stereocenters. The van der Waals surface area contributed by atoms with Gasteiger partial charge in [-0.2, -0.15) is 22.0 Å². The standard InChI is InChI=1S/C17H13F6NO3/c18-14(16(19,20)21)17(22,23)27-13-8-4-7-12(9-13)24-15(25)26-10-11-5-2-1-3-6-11/h1-9,14H,10H2,(H,24,25). The number of anilines is 1. The number of rotatable bonds is 6. The van der Waals surface area contributed by atoms with E-state index in [1.165, 1.54) is 6.07 Å². The van der Waals surface area contributed by atoms with Crippen LogP contribution < -0.4 is 10.1 Å². The molecule has 0 saturated heterocycles. The maximum Gasteiger partial charge on any atom is 0.439 e. The molecule has 1 N–H and O–H groups in total. The van der Waals surface area contributed by atoms with E-state index in [2.05, 4.69) is 10.1 Å². The zero-order valence-electron chi connectivity index (χ0n) is 13.5. The maximum absolute atomic E-state index is 13.3. The summed E-state index contributed by atoms with van der Waals surface area (Å²) in [5.41, 5.74) is 0.606. The van der Waals surface area contributed by atoms with E-state index in [4.69, 9.17) is 4.74 Å². The Balaban J connectivity index is 1.97. The summed E-state index contributed by atoms with van der Waals surface area (Å²) in [6.45, 7) is -0.0595. The highest BCUT2D eigenvalue weighted by atomic mass is 19.4. The van der Waals surface area contributed by atoms with Crippen LogP contribution in [0.5, 0.6) is 5.75 Å². The molecule has 10 heteroatoms. The topological polar surface area (TPSA) is 47.6 Å². The van der Waals surface area contributed by atoms with Crippen LogP contribution in [0.4, 0.5) is 36.8 Å². The van der Waals surface area contributed by atoms with Crippen molar-refractivity contribution in [1.82, 2.24) is 0 Å². The molecule has 0 radical (unpaired) electrons. The number of carbonyl (C=O) groups is 1. The molecule has 0 bridgehead atoms. The van der Waals surface area contributed by atoms with Crippen LogP contribution in [0.25, 0.3) is 0 Å². The Kier molecular flexibility index (Phi) is 6.19. The molecule has 4 nitrogen and oxygen atoms in total. The van der Waals surface area contributed by atoms with Crippen LogP contribution in [0.1, 0.15) is 5.56 Å². The number of hydrogen-bond acceptors (Lipinski definition) is 3. The fraction of sp³-hybridized carbons (Fsp3) is 0.235. The fourth-order valence-electron chi connectivity index (χ4n) is 1.91. The number of alkyl halides is 6. The predicted molar refractivity (Wildman–Crippen MR) is 83.2 cm³/mol. The molecule has 0 heterocycles. The van der Waals surface area contributed by atoms with Crippen LogP contribution in [0.2, 0.25) is 0 Å². The Morgan fingerprint density at radius 3 is 2.30 bits per heavy atom. The van der Waals surface area contributed by atoms with E-state index in [0.717, 1.165) is 18.2 Å². The van der Waals surface area contributed by atoms with Crippen LogP contribution in [0, 0.1) is 0 Å². The van der Waals surface area contributed by atoms with E-state index < -0.39 is 30.3 Å². The van der Waals surface area contributed by atoms with Crippen molar-refractivity contribution in [3.8, 4) is 5.75 Å². The highest BCUT2D eigenvalue weighted by Crippen LogP contribution is 2.36. The minimum atomic E-state index is -5.79. The monoisotopic (exact) mass is 393 g/mol. The molecular formula is C17H13F6NO3. The first-order valence-electron chi connectivity index (χ1n) is 7.43. The Morgan fingerprint density at radius 2 is 1.67 bits per heavy atom. The van der Waals surface area contributed by atoms with Gasteiger partial charge >= 0.3 is 18.4 Å². The van der Waals surface area contributed by atoms with Crippen molar-refractivity contribution < 1.29 is 40.6 Å². The van der Waals surface area contributed by atoms with Gasteiger partial charge in [0.2, 0.25) is 0 Å². The predicted octanol–water partition coefficient (Wildman–Crippen LogP) is 5.31. The third-order valence-electron chi connectivity index (χ3n) is 3.13. The Hall–Kier alpha value is -2.91. The second-order valence-electron chi connectivity index (χ2n) is 5.28. The van der Waals surface area contributed by atoms with Crippen LogP contribution in [-0.4, -0.2) is 24.5 Å². The number of benzene rings is 2. The zero-order valence-corrected chi connectivity index (χ0v) is 13.5. The number of carbonyl (C=O) groups excluding carboxylic acids is 1. The van der Waals surface area contributed by atoms with Gasteiger partial charge in [0.05, 0.1) is 0 Å². The van der Waals surface area contributed by atoms with Gasteiger partial charge in [-0.25, -0.2) is 9.18 Å². The number of halogens is 6. The van der Waals surface area contributed by atoms with Gasteiger partial charge in [0, 0.05) is 11.8 Å². The zero-order chi connectivity index (χ0) is 20.1. The number of nitrogens with one attached hydrogen (secondary N) is 1. The molecule has 2 aromatic rings. The molecule has 2 aromatic carbocycles. The summed E-state index contributed by atoms with van der Waals surface area (Å²) in [4.78, 5) is 11.7. The summed E-state index contributed by atoms with van der Waals surface area (Å²) in [6, 6.07) is 12.7. The number of hydrogen-bond donors (Lipinski definition) is 1. The lowest BCUT2D eigenvalue weighted by molar-refractivity contribution is -0.304. The minimum Gasteiger partial charge on any atom is -0.444 e. The van der Waals surface area contributed by atoms with Gasteiger partial charge in [0.15, 0.2) is 0 Å². The van der Waals surface area contributed by atoms with Gasteiger partial charge in [0.1, 0.15) is 12.4 Å². The molecule has 146 valence electrons. The molecule has 0 aliphatic rings. The van der Waals surface area contributed by atoms with Gasteiger partial charge in [-0.05, 0) is 17.7 Å². The molecule has 0 aliphatic carbocycles. The molecule has 1 unspecified atom stereocenters. The normalized spacial score (nSPS) is 13.0. The first kappa shape index (κ1) is 20.4.